The van der Waals surface area contributed by atoms with Crippen molar-refractivity contribution >= 4 is 6.34 Å². The Balaban J connectivity index is 2.49. The Hall–Kier alpha value is -1.45. The summed E-state index contributed by atoms with van der Waals surface area (Å²) >= 11 is 0. The van der Waals surface area contributed by atoms with Gasteiger partial charge in [0.05, 0.1) is 0 Å². The highest BCUT2D eigenvalue weighted by Crippen LogP contribution is 1.95. The van der Waals surface area contributed by atoms with Crippen molar-refractivity contribution in [2.45, 2.75) is 0 Å². The van der Waals surface area contributed by atoms with E-state index in [0.717, 1.165) is 0 Å². The van der Waals surface area contributed by atoms with Crippen LogP contribution >= 0.6 is 0 Å². The second-order valence-corrected chi connectivity index (χ2v) is 1.38. The quantitative estimate of drug-likeness (QED) is 0.243. The first-order chi connectivity index (χ1) is 4.43. The number of nitrogens with zero attached hydrogens (tertiary/aromatic N) is 2. The minimum absolute atomic E-state index is 1.25. The lowest BCUT2D eigenvalue weighted by Gasteiger charge is -2.08. The molecule has 0 saturated heterocycles. The third kappa shape index (κ3) is 1.49. The van der Waals surface area contributed by atoms with E-state index in [2.05, 4.69) is 5.16 Å². The lowest BCUT2D eigenvalue weighted by atomic mass is 10.7. The minimum Gasteiger partial charge on any atom is -0.470 e. The molecule has 0 unspecified atom stereocenters. The van der Waals surface area contributed by atoms with Crippen LogP contribution in [0.25, 0.3) is 0 Å². The standard InChI is InChI=1S/C5H6N2O2/c8-6-5-7-1-3-9-4-2-7/h1-5,8H. The van der Waals surface area contributed by atoms with Crippen LogP contribution in [0, 0.1) is 0 Å². The molecule has 1 N–H and O–H groups in total. The van der Waals surface area contributed by atoms with Crippen molar-refractivity contribution < 1.29 is 9.94 Å². The molecule has 0 aromatic rings. The zero-order valence-corrected chi connectivity index (χ0v) is 4.64. The number of ether oxygens (including phenoxy) is 1. The molecule has 1 aliphatic rings. The van der Waals surface area contributed by atoms with Crippen LogP contribution in [-0.2, 0) is 4.74 Å². The third-order valence-electron chi connectivity index (χ3n) is 0.808. The maximum atomic E-state index is 8.04. The Morgan fingerprint density at radius 2 is 2.11 bits per heavy atom. The van der Waals surface area contributed by atoms with Gasteiger partial charge in [-0.2, -0.15) is 0 Å². The van der Waals surface area contributed by atoms with E-state index in [0.29, 0.717) is 0 Å². The summed E-state index contributed by atoms with van der Waals surface area (Å²) in [6.45, 7) is 0. The van der Waals surface area contributed by atoms with Gasteiger partial charge in [-0.3, -0.25) is 0 Å². The summed E-state index contributed by atoms with van der Waals surface area (Å²) in [5, 5.41) is 10.8. The topological polar surface area (TPSA) is 45.1 Å². The van der Waals surface area contributed by atoms with E-state index in [1.807, 2.05) is 0 Å². The van der Waals surface area contributed by atoms with Gasteiger partial charge in [0.2, 0.25) is 0 Å². The largest absolute Gasteiger partial charge is 0.470 e. The lowest BCUT2D eigenvalue weighted by Crippen LogP contribution is -2.08. The van der Waals surface area contributed by atoms with Crippen molar-refractivity contribution in [2.75, 3.05) is 0 Å². The van der Waals surface area contributed by atoms with Crippen molar-refractivity contribution in [1.82, 2.24) is 4.90 Å². The predicted molar refractivity (Wildman–Crippen MR) is 31.5 cm³/mol. The van der Waals surface area contributed by atoms with Crippen LogP contribution < -0.4 is 0 Å². The molecule has 9 heavy (non-hydrogen) atoms. The van der Waals surface area contributed by atoms with E-state index in [4.69, 9.17) is 9.94 Å². The van der Waals surface area contributed by atoms with Gasteiger partial charge in [0, 0.05) is 12.4 Å². The van der Waals surface area contributed by atoms with E-state index in [9.17, 15) is 0 Å². The van der Waals surface area contributed by atoms with Crippen molar-refractivity contribution in [1.29, 1.82) is 0 Å². The fraction of sp³-hybridized carbons (Fsp3) is 0. The smallest absolute Gasteiger partial charge is 0.139 e. The molecule has 0 amide bonds. The maximum Gasteiger partial charge on any atom is 0.139 e. The third-order valence-corrected chi connectivity index (χ3v) is 0.808. The number of hydrogen-bond acceptors (Lipinski definition) is 3. The van der Waals surface area contributed by atoms with Crippen LogP contribution in [0.4, 0.5) is 0 Å². The van der Waals surface area contributed by atoms with Crippen LogP contribution in [0.3, 0.4) is 0 Å². The van der Waals surface area contributed by atoms with Gasteiger partial charge in [0.15, 0.2) is 0 Å². The molecule has 0 atom stereocenters. The molecule has 1 heterocycles. The van der Waals surface area contributed by atoms with Gasteiger partial charge in [0.25, 0.3) is 0 Å². The monoisotopic (exact) mass is 126 g/mol. The molecular weight excluding hydrogens is 120 g/mol. The Morgan fingerprint density at radius 3 is 2.67 bits per heavy atom. The van der Waals surface area contributed by atoms with Crippen LogP contribution in [0.15, 0.2) is 30.1 Å². The molecule has 0 aliphatic carbocycles. The number of oxime groups is 1. The molecule has 4 heteroatoms. The van der Waals surface area contributed by atoms with Crippen LogP contribution in [0.1, 0.15) is 0 Å². The summed E-state index contributed by atoms with van der Waals surface area (Å²) in [5.41, 5.74) is 0. The van der Waals surface area contributed by atoms with Crippen molar-refractivity contribution in [2.24, 2.45) is 5.16 Å². The van der Waals surface area contributed by atoms with Gasteiger partial charge in [-0.05, 0) is 0 Å². The Kier molecular flexibility index (Phi) is 1.74. The molecule has 48 valence electrons. The van der Waals surface area contributed by atoms with E-state index in [-0.39, 0.29) is 0 Å². The van der Waals surface area contributed by atoms with E-state index >= 15 is 0 Å². The van der Waals surface area contributed by atoms with Crippen molar-refractivity contribution in [3.05, 3.63) is 24.9 Å². The van der Waals surface area contributed by atoms with E-state index in [1.165, 1.54) is 18.9 Å². The van der Waals surface area contributed by atoms with Gasteiger partial charge in [-0.1, -0.05) is 5.16 Å². The predicted octanol–water partition coefficient (Wildman–Crippen LogP) is 0.678. The van der Waals surface area contributed by atoms with Crippen molar-refractivity contribution in [3.63, 3.8) is 0 Å². The number of hydrogen-bond donors (Lipinski definition) is 1. The highest BCUT2D eigenvalue weighted by molar-refractivity contribution is 5.57. The maximum absolute atomic E-state index is 8.04. The van der Waals surface area contributed by atoms with Gasteiger partial charge in [-0.25, -0.2) is 0 Å². The molecule has 1 rings (SSSR count). The zero-order valence-electron chi connectivity index (χ0n) is 4.64. The van der Waals surface area contributed by atoms with Crippen LogP contribution in [0.2, 0.25) is 0 Å². The highest BCUT2D eigenvalue weighted by Gasteiger charge is 1.90. The van der Waals surface area contributed by atoms with Gasteiger partial charge < -0.3 is 14.8 Å². The first-order valence-corrected chi connectivity index (χ1v) is 2.37. The van der Waals surface area contributed by atoms with Gasteiger partial charge >= 0.3 is 0 Å². The fourth-order valence-electron chi connectivity index (χ4n) is 0.442. The minimum atomic E-state index is 1.25. The summed E-state index contributed by atoms with van der Waals surface area (Å²) in [5.74, 6) is 0. The first-order valence-electron chi connectivity index (χ1n) is 2.37. The average Bonchev–Trinajstić information content (AvgIpc) is 1.91. The average molecular weight is 126 g/mol. The molecule has 4 nitrogen and oxygen atoms in total. The first kappa shape index (κ1) is 5.68. The summed E-state index contributed by atoms with van der Waals surface area (Å²) in [4.78, 5) is 1.55. The second-order valence-electron chi connectivity index (χ2n) is 1.38. The molecule has 0 saturated carbocycles. The summed E-state index contributed by atoms with van der Waals surface area (Å²) in [6.07, 6.45) is 7.41. The lowest BCUT2D eigenvalue weighted by molar-refractivity contribution is 0.314. The molecule has 0 aromatic carbocycles. The molecule has 0 bridgehead atoms. The summed E-state index contributed by atoms with van der Waals surface area (Å²) in [6, 6.07) is 0. The number of rotatable bonds is 1. The van der Waals surface area contributed by atoms with E-state index in [1.54, 1.807) is 17.3 Å². The van der Waals surface area contributed by atoms with Crippen molar-refractivity contribution in [3.8, 4) is 0 Å². The molecular formula is C5H6N2O2. The fourth-order valence-corrected chi connectivity index (χ4v) is 0.442. The molecule has 0 aromatic heterocycles. The SMILES string of the molecule is ON=CN1C=COC=C1. The molecule has 0 radical (unpaired) electrons. The normalized spacial score (nSPS) is 16.7. The van der Waals surface area contributed by atoms with Gasteiger partial charge in [-0.15, -0.1) is 0 Å². The van der Waals surface area contributed by atoms with Gasteiger partial charge in [0.1, 0.15) is 18.9 Å². The summed E-state index contributed by atoms with van der Waals surface area (Å²) < 4.78 is 4.70. The molecule has 0 spiro atoms. The highest BCUT2D eigenvalue weighted by atomic mass is 16.5. The van der Waals surface area contributed by atoms with E-state index < -0.39 is 0 Å². The Bertz CT molecular complexity index is 148. The summed E-state index contributed by atoms with van der Waals surface area (Å²) in [7, 11) is 0. The molecule has 0 fully saturated rings. The molecule has 1 aliphatic heterocycles. The second kappa shape index (κ2) is 2.76. The van der Waals surface area contributed by atoms with Crippen LogP contribution in [-0.4, -0.2) is 16.4 Å². The zero-order chi connectivity index (χ0) is 6.53. The Morgan fingerprint density at radius 1 is 1.44 bits per heavy atom. The Labute approximate surface area is 52.3 Å². The van der Waals surface area contributed by atoms with Crippen LogP contribution in [0.5, 0.6) is 0 Å².